The van der Waals surface area contributed by atoms with Gasteiger partial charge in [-0.2, -0.15) is 4.31 Å². The first-order valence-electron chi connectivity index (χ1n) is 9.20. The number of hydrogen-bond acceptors (Lipinski definition) is 5. The van der Waals surface area contributed by atoms with Crippen LogP contribution in [0.25, 0.3) is 0 Å². The van der Waals surface area contributed by atoms with Crippen LogP contribution < -0.4 is 0 Å². The van der Waals surface area contributed by atoms with Crippen LogP contribution in [0.3, 0.4) is 0 Å². The van der Waals surface area contributed by atoms with Gasteiger partial charge in [-0.1, -0.05) is 35.5 Å². The molecule has 3 heterocycles. The summed E-state index contributed by atoms with van der Waals surface area (Å²) in [6.07, 6.45) is 1.14. The topological polar surface area (TPSA) is 83.7 Å². The zero-order chi connectivity index (χ0) is 19.0. The van der Waals surface area contributed by atoms with Gasteiger partial charge in [0, 0.05) is 32.2 Å². The highest BCUT2D eigenvalue weighted by molar-refractivity contribution is 7.90. The number of carbonyl (C=O) groups excluding carboxylic acids is 1. The number of aromatic nitrogens is 1. The van der Waals surface area contributed by atoms with Crippen molar-refractivity contribution < 1.29 is 17.7 Å². The number of benzene rings is 1. The Morgan fingerprint density at radius 3 is 2.67 bits per heavy atom. The van der Waals surface area contributed by atoms with Crippen LogP contribution in [-0.4, -0.2) is 53.6 Å². The normalized spacial score (nSPS) is 25.1. The molecule has 0 spiro atoms. The summed E-state index contributed by atoms with van der Waals surface area (Å²) in [5.74, 6) is 0.449. The lowest BCUT2D eigenvalue weighted by atomic mass is 10.0. The lowest BCUT2D eigenvalue weighted by molar-refractivity contribution is 0.0748. The first-order chi connectivity index (χ1) is 12.9. The molecule has 144 valence electrons. The molecular formula is C19H23N3O4S. The second kappa shape index (κ2) is 7.09. The summed E-state index contributed by atoms with van der Waals surface area (Å²) in [6.45, 7) is 3.64. The molecule has 2 saturated heterocycles. The van der Waals surface area contributed by atoms with Gasteiger partial charge in [-0.3, -0.25) is 4.79 Å². The first-order valence-corrected chi connectivity index (χ1v) is 10.7. The fourth-order valence-corrected chi connectivity index (χ4v) is 6.29. The highest BCUT2D eigenvalue weighted by Gasteiger charge is 2.47. The van der Waals surface area contributed by atoms with Crippen molar-refractivity contribution in [3.05, 3.63) is 53.4 Å². The predicted octanol–water partition coefficient (Wildman–Crippen LogP) is 2.05. The smallest absolute Gasteiger partial charge is 0.276 e. The van der Waals surface area contributed by atoms with Gasteiger partial charge < -0.3 is 9.42 Å². The van der Waals surface area contributed by atoms with Crippen molar-refractivity contribution in [1.82, 2.24) is 14.4 Å². The van der Waals surface area contributed by atoms with Crippen molar-refractivity contribution >= 4 is 15.9 Å². The van der Waals surface area contributed by atoms with Crippen molar-refractivity contribution in [1.29, 1.82) is 0 Å². The molecule has 0 N–H and O–H groups in total. The van der Waals surface area contributed by atoms with Gasteiger partial charge in [0.05, 0.1) is 5.25 Å². The second-order valence-electron chi connectivity index (χ2n) is 7.31. The number of carbonyl (C=O) groups is 1. The third-order valence-electron chi connectivity index (χ3n) is 5.50. The van der Waals surface area contributed by atoms with Crippen LogP contribution in [0.4, 0.5) is 0 Å². The minimum Gasteiger partial charge on any atom is -0.361 e. The van der Waals surface area contributed by atoms with Crippen LogP contribution in [0.1, 0.15) is 34.7 Å². The summed E-state index contributed by atoms with van der Waals surface area (Å²) in [7, 11) is -3.36. The molecule has 8 heteroatoms. The van der Waals surface area contributed by atoms with E-state index in [0.717, 1.165) is 5.56 Å². The van der Waals surface area contributed by atoms with E-state index < -0.39 is 15.3 Å². The summed E-state index contributed by atoms with van der Waals surface area (Å²) < 4.78 is 32.7. The molecule has 2 fully saturated rings. The number of likely N-dealkylation sites (tertiary alicyclic amines) is 1. The molecule has 0 aliphatic carbocycles. The SMILES string of the molecule is Cc1cc(C(=O)N2CC[C@@H]3CN(Cc4ccccc4)S(=O)(=O)[C@@H]3CC2)no1. The number of nitrogens with zero attached hydrogens (tertiary/aromatic N) is 3. The fourth-order valence-electron chi connectivity index (χ4n) is 4.07. The number of fused-ring (bicyclic) bond motifs is 1. The molecule has 0 bridgehead atoms. The molecule has 1 aromatic carbocycles. The molecule has 4 rings (SSSR count). The maximum absolute atomic E-state index is 13.0. The van der Waals surface area contributed by atoms with E-state index in [2.05, 4.69) is 5.16 Å². The molecule has 2 aromatic rings. The molecule has 27 heavy (non-hydrogen) atoms. The van der Waals surface area contributed by atoms with E-state index in [1.54, 1.807) is 22.2 Å². The summed E-state index contributed by atoms with van der Waals surface area (Å²) in [5.41, 5.74) is 1.28. The first kappa shape index (κ1) is 18.2. The number of aryl methyl sites for hydroxylation is 1. The molecule has 2 atom stereocenters. The van der Waals surface area contributed by atoms with E-state index in [4.69, 9.17) is 4.52 Å². The lowest BCUT2D eigenvalue weighted by Gasteiger charge is -2.21. The Balaban J connectivity index is 1.46. The van der Waals surface area contributed by atoms with Gasteiger partial charge in [0.25, 0.3) is 5.91 Å². The summed E-state index contributed by atoms with van der Waals surface area (Å²) in [4.78, 5) is 14.3. The number of rotatable bonds is 3. The van der Waals surface area contributed by atoms with Gasteiger partial charge >= 0.3 is 0 Å². The molecule has 0 radical (unpaired) electrons. The van der Waals surface area contributed by atoms with E-state index >= 15 is 0 Å². The number of amides is 1. The maximum Gasteiger partial charge on any atom is 0.276 e. The van der Waals surface area contributed by atoms with Crippen molar-refractivity contribution in [3.8, 4) is 0 Å². The molecule has 2 aliphatic rings. The Bertz CT molecular complexity index is 925. The number of sulfonamides is 1. The second-order valence-corrected chi connectivity index (χ2v) is 9.47. The van der Waals surface area contributed by atoms with Gasteiger partial charge in [0.2, 0.25) is 10.0 Å². The van der Waals surface area contributed by atoms with Crippen LogP contribution >= 0.6 is 0 Å². The fraction of sp³-hybridized carbons (Fsp3) is 0.474. The van der Waals surface area contributed by atoms with Crippen LogP contribution in [0.15, 0.2) is 40.9 Å². The third-order valence-corrected chi connectivity index (χ3v) is 7.88. The minimum absolute atomic E-state index is 0.0514. The largest absolute Gasteiger partial charge is 0.361 e. The van der Waals surface area contributed by atoms with Crippen LogP contribution in [0.2, 0.25) is 0 Å². The Morgan fingerprint density at radius 2 is 1.96 bits per heavy atom. The minimum atomic E-state index is -3.36. The summed E-state index contributed by atoms with van der Waals surface area (Å²) >= 11 is 0. The van der Waals surface area contributed by atoms with Crippen molar-refractivity contribution in [3.63, 3.8) is 0 Å². The van der Waals surface area contributed by atoms with Crippen molar-refractivity contribution in [2.75, 3.05) is 19.6 Å². The standard InChI is InChI=1S/C19H23N3O4S/c1-14-11-17(20-26-14)19(23)21-9-7-16-13-22(12-15-5-3-2-4-6-15)27(24,25)18(16)8-10-21/h2-6,11,16,18H,7-10,12-13H2,1H3/t16-,18-/m1/s1. The Kier molecular flexibility index (Phi) is 4.77. The monoisotopic (exact) mass is 389 g/mol. The Labute approximate surface area is 159 Å². The van der Waals surface area contributed by atoms with Gasteiger partial charge in [0.1, 0.15) is 5.76 Å². The Morgan fingerprint density at radius 1 is 1.22 bits per heavy atom. The molecule has 0 unspecified atom stereocenters. The average molecular weight is 389 g/mol. The highest BCUT2D eigenvalue weighted by atomic mass is 32.2. The van der Waals surface area contributed by atoms with Crippen molar-refractivity contribution in [2.45, 2.75) is 31.6 Å². The van der Waals surface area contributed by atoms with Crippen molar-refractivity contribution in [2.24, 2.45) is 5.92 Å². The predicted molar refractivity (Wildman–Crippen MR) is 99.4 cm³/mol. The van der Waals surface area contributed by atoms with E-state index in [1.165, 1.54) is 0 Å². The highest BCUT2D eigenvalue weighted by Crippen LogP contribution is 2.35. The zero-order valence-electron chi connectivity index (χ0n) is 15.2. The quantitative estimate of drug-likeness (QED) is 0.802. The molecular weight excluding hydrogens is 366 g/mol. The van der Waals surface area contributed by atoms with Gasteiger partial charge in [-0.05, 0) is 31.2 Å². The van der Waals surface area contributed by atoms with E-state index in [9.17, 15) is 13.2 Å². The van der Waals surface area contributed by atoms with Crippen LogP contribution in [-0.2, 0) is 16.6 Å². The van der Waals surface area contributed by atoms with E-state index in [0.29, 0.717) is 44.8 Å². The lowest BCUT2D eigenvalue weighted by Crippen LogP contribution is -2.34. The summed E-state index contributed by atoms with van der Waals surface area (Å²) in [5, 5.41) is 3.37. The molecule has 1 amide bonds. The Hall–Kier alpha value is -2.19. The summed E-state index contributed by atoms with van der Waals surface area (Å²) in [6, 6.07) is 11.3. The van der Waals surface area contributed by atoms with E-state index in [-0.39, 0.29) is 17.5 Å². The van der Waals surface area contributed by atoms with Gasteiger partial charge in [-0.25, -0.2) is 8.42 Å². The third kappa shape index (κ3) is 3.51. The van der Waals surface area contributed by atoms with Crippen LogP contribution in [0, 0.1) is 12.8 Å². The molecule has 7 nitrogen and oxygen atoms in total. The molecule has 0 saturated carbocycles. The molecule has 1 aromatic heterocycles. The van der Waals surface area contributed by atoms with Gasteiger partial charge in [0.15, 0.2) is 5.69 Å². The molecule has 2 aliphatic heterocycles. The average Bonchev–Trinajstić information content (AvgIpc) is 3.09. The zero-order valence-corrected chi connectivity index (χ0v) is 16.1. The van der Waals surface area contributed by atoms with E-state index in [1.807, 2.05) is 30.3 Å². The van der Waals surface area contributed by atoms with Crippen LogP contribution in [0.5, 0.6) is 0 Å². The van der Waals surface area contributed by atoms with Gasteiger partial charge in [-0.15, -0.1) is 0 Å². The number of hydrogen-bond donors (Lipinski definition) is 0. The maximum atomic E-state index is 13.0.